The van der Waals surface area contributed by atoms with Crippen molar-refractivity contribution in [3.63, 3.8) is 0 Å². The summed E-state index contributed by atoms with van der Waals surface area (Å²) in [5.74, 6) is 0. The summed E-state index contributed by atoms with van der Waals surface area (Å²) < 4.78 is 0. The van der Waals surface area contributed by atoms with E-state index in [0.29, 0.717) is 5.69 Å². The molecule has 76 valence electrons. The maximum Gasteiger partial charge on any atom is 0.343 e. The smallest absolute Gasteiger partial charge is 0.343 e. The summed E-state index contributed by atoms with van der Waals surface area (Å²) in [5, 5.41) is 1.09. The van der Waals surface area contributed by atoms with Crippen molar-refractivity contribution in [3.8, 4) is 0 Å². The van der Waals surface area contributed by atoms with Crippen molar-refractivity contribution in [1.29, 1.82) is 0 Å². The van der Waals surface area contributed by atoms with Crippen LogP contribution in [0.1, 0.15) is 13.8 Å². The lowest BCUT2D eigenvalue weighted by molar-refractivity contribution is 0.0710. The van der Waals surface area contributed by atoms with E-state index in [4.69, 9.17) is 10.6 Å². The molecular formula is C10H14N2O2. The molecule has 14 heavy (non-hydrogen) atoms. The second-order valence-corrected chi connectivity index (χ2v) is 3.12. The molecule has 1 aromatic rings. The molecule has 0 aliphatic rings. The fraction of sp³-hybridized carbons (Fsp3) is 0.300. The molecule has 2 N–H and O–H groups in total. The molecule has 0 spiro atoms. The predicted octanol–water partition coefficient (Wildman–Crippen LogP) is 1.91. The lowest BCUT2D eigenvalue weighted by Gasteiger charge is -2.21. The Morgan fingerprint density at radius 1 is 1.36 bits per heavy atom. The maximum absolute atomic E-state index is 11.1. The number of hydrogen-bond acceptors (Lipinski definition) is 2. The number of primary amides is 1. The third kappa shape index (κ3) is 2.74. The highest BCUT2D eigenvalue weighted by Crippen LogP contribution is 2.14. The number of nitrogens with two attached hydrogens (primary N) is 1. The SMILES string of the molecule is CC(C)ON(C(N)=O)c1ccccc1. The van der Waals surface area contributed by atoms with Crippen LogP contribution in [0.3, 0.4) is 0 Å². The van der Waals surface area contributed by atoms with Crippen molar-refractivity contribution >= 4 is 11.7 Å². The standard InChI is InChI=1S/C10H14N2O2/c1-8(2)14-12(10(11)13)9-6-4-3-5-7-9/h3-8H,1-2H3,(H2,11,13). The number of rotatable bonds is 3. The molecule has 1 aromatic carbocycles. The number of benzene rings is 1. The molecule has 4 nitrogen and oxygen atoms in total. The van der Waals surface area contributed by atoms with E-state index in [0.717, 1.165) is 5.06 Å². The summed E-state index contributed by atoms with van der Waals surface area (Å²) in [7, 11) is 0. The average Bonchev–Trinajstić information content (AvgIpc) is 2.15. The van der Waals surface area contributed by atoms with Crippen molar-refractivity contribution in [1.82, 2.24) is 0 Å². The monoisotopic (exact) mass is 194 g/mol. The molecule has 1 rings (SSSR count). The zero-order valence-corrected chi connectivity index (χ0v) is 8.31. The van der Waals surface area contributed by atoms with E-state index < -0.39 is 6.03 Å². The summed E-state index contributed by atoms with van der Waals surface area (Å²) in [6.45, 7) is 3.66. The van der Waals surface area contributed by atoms with Crippen molar-refractivity contribution in [2.75, 3.05) is 5.06 Å². The van der Waals surface area contributed by atoms with Gasteiger partial charge in [-0.2, -0.15) is 5.06 Å². The van der Waals surface area contributed by atoms with Gasteiger partial charge in [-0.15, -0.1) is 0 Å². The summed E-state index contributed by atoms with van der Waals surface area (Å²) in [6, 6.07) is 8.38. The quantitative estimate of drug-likeness (QED) is 0.747. The number of carbonyl (C=O) groups excluding carboxylic acids is 1. The van der Waals surface area contributed by atoms with Crippen LogP contribution in [0.25, 0.3) is 0 Å². The third-order valence-corrected chi connectivity index (χ3v) is 1.51. The fourth-order valence-corrected chi connectivity index (χ4v) is 1.01. The van der Waals surface area contributed by atoms with Gasteiger partial charge in [0.15, 0.2) is 0 Å². The molecule has 0 radical (unpaired) electrons. The van der Waals surface area contributed by atoms with Crippen LogP contribution >= 0.6 is 0 Å². The predicted molar refractivity (Wildman–Crippen MR) is 54.7 cm³/mol. The van der Waals surface area contributed by atoms with Crippen LogP contribution in [0, 0.1) is 0 Å². The molecule has 0 heterocycles. The number of para-hydroxylation sites is 1. The van der Waals surface area contributed by atoms with Crippen LogP contribution in [0.15, 0.2) is 30.3 Å². The minimum atomic E-state index is -0.620. The highest BCUT2D eigenvalue weighted by molar-refractivity contribution is 5.88. The highest BCUT2D eigenvalue weighted by Gasteiger charge is 2.13. The van der Waals surface area contributed by atoms with Gasteiger partial charge in [0.05, 0.1) is 11.8 Å². The Kier molecular flexibility index (Phi) is 3.48. The van der Waals surface area contributed by atoms with E-state index in [1.807, 2.05) is 32.0 Å². The topological polar surface area (TPSA) is 55.6 Å². The first-order valence-electron chi connectivity index (χ1n) is 4.42. The average molecular weight is 194 g/mol. The van der Waals surface area contributed by atoms with Gasteiger partial charge in [-0.25, -0.2) is 4.79 Å². The molecule has 0 aliphatic heterocycles. The Morgan fingerprint density at radius 2 is 1.93 bits per heavy atom. The van der Waals surface area contributed by atoms with Gasteiger partial charge < -0.3 is 5.73 Å². The third-order valence-electron chi connectivity index (χ3n) is 1.51. The largest absolute Gasteiger partial charge is 0.349 e. The Labute approximate surface area is 83.2 Å². The minimum absolute atomic E-state index is 0.0947. The molecule has 0 aromatic heterocycles. The van der Waals surface area contributed by atoms with Gasteiger partial charge in [-0.05, 0) is 26.0 Å². The fourth-order valence-electron chi connectivity index (χ4n) is 1.01. The number of amides is 2. The van der Waals surface area contributed by atoms with Crippen molar-refractivity contribution < 1.29 is 9.63 Å². The minimum Gasteiger partial charge on any atom is -0.349 e. The number of urea groups is 1. The molecule has 0 fully saturated rings. The summed E-state index contributed by atoms with van der Waals surface area (Å²) in [6.07, 6.45) is -0.0947. The van der Waals surface area contributed by atoms with Gasteiger partial charge in [-0.3, -0.25) is 4.84 Å². The van der Waals surface area contributed by atoms with E-state index in [-0.39, 0.29) is 6.10 Å². The van der Waals surface area contributed by atoms with Gasteiger partial charge >= 0.3 is 6.03 Å². The molecule has 4 heteroatoms. The van der Waals surface area contributed by atoms with E-state index in [2.05, 4.69) is 0 Å². The maximum atomic E-state index is 11.1. The van der Waals surface area contributed by atoms with Gasteiger partial charge in [0.2, 0.25) is 0 Å². The van der Waals surface area contributed by atoms with E-state index in [9.17, 15) is 4.79 Å². The van der Waals surface area contributed by atoms with Gasteiger partial charge in [0, 0.05) is 0 Å². The molecular weight excluding hydrogens is 180 g/mol. The summed E-state index contributed by atoms with van der Waals surface area (Å²) in [5.41, 5.74) is 5.81. The van der Waals surface area contributed by atoms with Crippen LogP contribution in [-0.4, -0.2) is 12.1 Å². The van der Waals surface area contributed by atoms with Crippen LogP contribution < -0.4 is 10.8 Å². The van der Waals surface area contributed by atoms with Crippen molar-refractivity contribution in [2.24, 2.45) is 5.73 Å². The zero-order chi connectivity index (χ0) is 10.6. The van der Waals surface area contributed by atoms with Crippen LogP contribution in [0.4, 0.5) is 10.5 Å². The zero-order valence-electron chi connectivity index (χ0n) is 8.31. The van der Waals surface area contributed by atoms with Crippen molar-refractivity contribution in [3.05, 3.63) is 30.3 Å². The number of anilines is 1. The molecule has 0 atom stereocenters. The molecule has 0 aliphatic carbocycles. The Balaban J connectivity index is 2.84. The summed E-state index contributed by atoms with van der Waals surface area (Å²) in [4.78, 5) is 16.3. The van der Waals surface area contributed by atoms with Gasteiger partial charge in [-0.1, -0.05) is 18.2 Å². The first kappa shape index (κ1) is 10.5. The molecule has 0 saturated heterocycles. The lowest BCUT2D eigenvalue weighted by atomic mass is 10.3. The Morgan fingerprint density at radius 3 is 2.36 bits per heavy atom. The molecule has 0 unspecified atom stereocenters. The van der Waals surface area contributed by atoms with Gasteiger partial charge in [0.25, 0.3) is 0 Å². The molecule has 0 bridgehead atoms. The van der Waals surface area contributed by atoms with Crippen LogP contribution in [0.2, 0.25) is 0 Å². The number of nitrogens with zero attached hydrogens (tertiary/aromatic N) is 1. The highest BCUT2D eigenvalue weighted by atomic mass is 16.7. The van der Waals surface area contributed by atoms with Crippen LogP contribution in [-0.2, 0) is 4.84 Å². The Hall–Kier alpha value is -1.55. The Bertz CT molecular complexity index is 298. The van der Waals surface area contributed by atoms with E-state index in [1.54, 1.807) is 12.1 Å². The number of hydrogen-bond donors (Lipinski definition) is 1. The lowest BCUT2D eigenvalue weighted by Crippen LogP contribution is -2.37. The normalized spacial score (nSPS) is 10.2. The van der Waals surface area contributed by atoms with Gasteiger partial charge in [0.1, 0.15) is 0 Å². The molecule has 0 saturated carbocycles. The van der Waals surface area contributed by atoms with Crippen molar-refractivity contribution in [2.45, 2.75) is 20.0 Å². The second kappa shape index (κ2) is 4.62. The molecule has 2 amide bonds. The summed E-state index contributed by atoms with van der Waals surface area (Å²) >= 11 is 0. The van der Waals surface area contributed by atoms with Crippen LogP contribution in [0.5, 0.6) is 0 Å². The second-order valence-electron chi connectivity index (χ2n) is 3.12. The van der Waals surface area contributed by atoms with E-state index in [1.165, 1.54) is 0 Å². The first-order valence-corrected chi connectivity index (χ1v) is 4.42. The number of carbonyl (C=O) groups is 1. The number of hydroxylamine groups is 1. The first-order chi connectivity index (χ1) is 6.61. The van der Waals surface area contributed by atoms with E-state index >= 15 is 0 Å².